The Hall–Kier alpha value is -2.18. The molecule has 2 aromatic carbocycles. The maximum atomic E-state index is 12.8. The van der Waals surface area contributed by atoms with Gasteiger partial charge in [-0.2, -0.15) is 0 Å². The van der Waals surface area contributed by atoms with Gasteiger partial charge in [-0.05, 0) is 30.2 Å². The standard InChI is InChI=1S/C20H24N2O3S/c1-26(24,25)19-10-5-9-18(15-19)20(23)22-12-6-11-21(13-14-22)16-17-7-3-2-4-8-17/h2-5,7-10,15H,6,11-14,16H2,1H3. The third kappa shape index (κ3) is 4.71. The van der Waals surface area contributed by atoms with Crippen LogP contribution in [-0.2, 0) is 16.4 Å². The highest BCUT2D eigenvalue weighted by atomic mass is 32.2. The van der Waals surface area contributed by atoms with Crippen LogP contribution in [0.5, 0.6) is 0 Å². The lowest BCUT2D eigenvalue weighted by atomic mass is 10.2. The van der Waals surface area contributed by atoms with Crippen LogP contribution in [0.25, 0.3) is 0 Å². The predicted molar refractivity (Wildman–Crippen MR) is 102 cm³/mol. The van der Waals surface area contributed by atoms with Gasteiger partial charge in [0.1, 0.15) is 0 Å². The Labute approximate surface area is 155 Å². The number of sulfone groups is 1. The van der Waals surface area contributed by atoms with E-state index in [1.54, 1.807) is 12.1 Å². The zero-order chi connectivity index (χ0) is 18.6. The van der Waals surface area contributed by atoms with E-state index in [1.165, 1.54) is 17.7 Å². The highest BCUT2D eigenvalue weighted by molar-refractivity contribution is 7.90. The molecule has 0 aliphatic carbocycles. The molecule has 0 bridgehead atoms. The van der Waals surface area contributed by atoms with E-state index >= 15 is 0 Å². The fraction of sp³-hybridized carbons (Fsp3) is 0.350. The minimum atomic E-state index is -3.32. The minimum Gasteiger partial charge on any atom is -0.337 e. The molecule has 1 amide bonds. The third-order valence-electron chi connectivity index (χ3n) is 4.63. The molecule has 138 valence electrons. The summed E-state index contributed by atoms with van der Waals surface area (Å²) in [5, 5.41) is 0. The van der Waals surface area contributed by atoms with Crippen molar-refractivity contribution in [2.75, 3.05) is 32.4 Å². The van der Waals surface area contributed by atoms with E-state index in [4.69, 9.17) is 0 Å². The molecule has 26 heavy (non-hydrogen) atoms. The Kier molecular flexibility index (Phi) is 5.74. The van der Waals surface area contributed by atoms with Crippen LogP contribution in [0.2, 0.25) is 0 Å². The molecule has 1 heterocycles. The number of hydrogen-bond donors (Lipinski definition) is 0. The fourth-order valence-corrected chi connectivity index (χ4v) is 3.88. The van der Waals surface area contributed by atoms with Crippen molar-refractivity contribution in [3.8, 4) is 0 Å². The van der Waals surface area contributed by atoms with Gasteiger partial charge in [-0.3, -0.25) is 9.69 Å². The summed E-state index contributed by atoms with van der Waals surface area (Å²) in [5.74, 6) is -0.0999. The number of carbonyl (C=O) groups excluding carboxylic acids is 1. The highest BCUT2D eigenvalue weighted by Gasteiger charge is 2.21. The molecular weight excluding hydrogens is 348 g/mol. The van der Waals surface area contributed by atoms with Crippen molar-refractivity contribution in [1.29, 1.82) is 0 Å². The maximum absolute atomic E-state index is 12.8. The highest BCUT2D eigenvalue weighted by Crippen LogP contribution is 2.15. The summed E-state index contributed by atoms with van der Waals surface area (Å²) in [5.41, 5.74) is 1.71. The van der Waals surface area contributed by atoms with Crippen molar-refractivity contribution in [1.82, 2.24) is 9.80 Å². The molecule has 0 atom stereocenters. The third-order valence-corrected chi connectivity index (χ3v) is 5.74. The van der Waals surface area contributed by atoms with Crippen LogP contribution in [0.4, 0.5) is 0 Å². The first-order valence-electron chi connectivity index (χ1n) is 8.79. The second kappa shape index (κ2) is 8.01. The molecule has 2 aromatic rings. The summed E-state index contributed by atoms with van der Waals surface area (Å²) in [7, 11) is -3.32. The first-order chi connectivity index (χ1) is 12.4. The second-order valence-electron chi connectivity index (χ2n) is 6.71. The second-order valence-corrected chi connectivity index (χ2v) is 8.72. The van der Waals surface area contributed by atoms with Gasteiger partial charge in [-0.25, -0.2) is 8.42 Å². The van der Waals surface area contributed by atoms with Gasteiger partial charge in [0, 0.05) is 44.5 Å². The summed E-state index contributed by atoms with van der Waals surface area (Å²) < 4.78 is 23.4. The molecule has 0 radical (unpaired) electrons. The molecule has 6 heteroatoms. The van der Waals surface area contributed by atoms with Gasteiger partial charge in [0.2, 0.25) is 0 Å². The zero-order valence-electron chi connectivity index (χ0n) is 15.0. The number of amides is 1. The van der Waals surface area contributed by atoms with E-state index in [2.05, 4.69) is 17.0 Å². The van der Waals surface area contributed by atoms with Crippen molar-refractivity contribution in [2.24, 2.45) is 0 Å². The number of carbonyl (C=O) groups is 1. The van der Waals surface area contributed by atoms with Crippen LogP contribution < -0.4 is 0 Å². The molecule has 3 rings (SSSR count). The molecule has 1 aliphatic rings. The quantitative estimate of drug-likeness (QED) is 0.827. The van der Waals surface area contributed by atoms with Gasteiger partial charge >= 0.3 is 0 Å². The number of nitrogens with zero attached hydrogens (tertiary/aromatic N) is 2. The molecule has 0 aromatic heterocycles. The Morgan fingerprint density at radius 2 is 1.73 bits per heavy atom. The molecule has 0 N–H and O–H groups in total. The molecular formula is C20H24N2O3S. The Balaban J connectivity index is 1.66. The summed E-state index contributed by atoms with van der Waals surface area (Å²) >= 11 is 0. The van der Waals surface area contributed by atoms with Gasteiger partial charge in [0.05, 0.1) is 4.90 Å². The molecule has 1 fully saturated rings. The molecule has 0 spiro atoms. The Morgan fingerprint density at radius 3 is 2.46 bits per heavy atom. The SMILES string of the molecule is CS(=O)(=O)c1cccc(C(=O)N2CCCN(Cc3ccccc3)CC2)c1. The monoisotopic (exact) mass is 372 g/mol. The van der Waals surface area contributed by atoms with Crippen molar-refractivity contribution in [3.63, 3.8) is 0 Å². The van der Waals surface area contributed by atoms with Crippen LogP contribution in [0, 0.1) is 0 Å². The van der Waals surface area contributed by atoms with Crippen molar-refractivity contribution >= 4 is 15.7 Å². The van der Waals surface area contributed by atoms with E-state index in [0.29, 0.717) is 18.7 Å². The van der Waals surface area contributed by atoms with Crippen LogP contribution in [0.1, 0.15) is 22.3 Å². The van der Waals surface area contributed by atoms with Crippen LogP contribution in [-0.4, -0.2) is 56.6 Å². The number of hydrogen-bond acceptors (Lipinski definition) is 4. The van der Waals surface area contributed by atoms with Gasteiger partial charge in [-0.15, -0.1) is 0 Å². The lowest BCUT2D eigenvalue weighted by molar-refractivity contribution is 0.0761. The molecule has 1 saturated heterocycles. The summed E-state index contributed by atoms with van der Waals surface area (Å²) in [6.07, 6.45) is 2.06. The zero-order valence-corrected chi connectivity index (χ0v) is 15.8. The van der Waals surface area contributed by atoms with E-state index in [-0.39, 0.29) is 10.8 Å². The van der Waals surface area contributed by atoms with E-state index in [0.717, 1.165) is 32.3 Å². The summed E-state index contributed by atoms with van der Waals surface area (Å²) in [6.45, 7) is 3.98. The van der Waals surface area contributed by atoms with E-state index in [1.807, 2.05) is 23.1 Å². The topological polar surface area (TPSA) is 57.7 Å². The van der Waals surface area contributed by atoms with Gasteiger partial charge in [0.15, 0.2) is 9.84 Å². The number of benzene rings is 2. The van der Waals surface area contributed by atoms with Gasteiger partial charge in [0.25, 0.3) is 5.91 Å². The van der Waals surface area contributed by atoms with E-state index < -0.39 is 9.84 Å². The molecule has 1 aliphatic heterocycles. The molecule has 0 unspecified atom stereocenters. The Bertz CT molecular complexity index is 866. The predicted octanol–water partition coefficient (Wildman–Crippen LogP) is 2.44. The van der Waals surface area contributed by atoms with Crippen molar-refractivity contribution in [3.05, 3.63) is 65.7 Å². The first-order valence-corrected chi connectivity index (χ1v) is 10.7. The minimum absolute atomic E-state index is 0.0999. The summed E-state index contributed by atoms with van der Waals surface area (Å²) in [6, 6.07) is 16.6. The Morgan fingerprint density at radius 1 is 0.962 bits per heavy atom. The van der Waals surface area contributed by atoms with Crippen LogP contribution in [0.3, 0.4) is 0 Å². The summed E-state index contributed by atoms with van der Waals surface area (Å²) in [4.78, 5) is 17.2. The van der Waals surface area contributed by atoms with Crippen molar-refractivity contribution < 1.29 is 13.2 Å². The lowest BCUT2D eigenvalue weighted by Crippen LogP contribution is -2.35. The molecule has 0 saturated carbocycles. The molecule has 5 nitrogen and oxygen atoms in total. The van der Waals surface area contributed by atoms with Crippen LogP contribution >= 0.6 is 0 Å². The van der Waals surface area contributed by atoms with Crippen molar-refractivity contribution in [2.45, 2.75) is 17.9 Å². The lowest BCUT2D eigenvalue weighted by Gasteiger charge is -2.22. The fourth-order valence-electron chi connectivity index (χ4n) is 3.22. The number of rotatable bonds is 4. The average molecular weight is 372 g/mol. The smallest absolute Gasteiger partial charge is 0.253 e. The normalized spacial score (nSPS) is 16.3. The van der Waals surface area contributed by atoms with Gasteiger partial charge in [-0.1, -0.05) is 36.4 Å². The van der Waals surface area contributed by atoms with Crippen LogP contribution in [0.15, 0.2) is 59.5 Å². The van der Waals surface area contributed by atoms with Gasteiger partial charge < -0.3 is 4.90 Å². The largest absolute Gasteiger partial charge is 0.337 e. The maximum Gasteiger partial charge on any atom is 0.253 e. The first kappa shape index (κ1) is 18.6. The average Bonchev–Trinajstić information content (AvgIpc) is 2.87. The van der Waals surface area contributed by atoms with E-state index in [9.17, 15) is 13.2 Å².